The molecule has 1 aliphatic rings. The lowest BCUT2D eigenvalue weighted by Gasteiger charge is -2.08. The highest BCUT2D eigenvalue weighted by molar-refractivity contribution is 5.84. The first-order valence-corrected chi connectivity index (χ1v) is 8.63. The normalized spacial score (nSPS) is 12.8. The van der Waals surface area contributed by atoms with E-state index in [1.54, 1.807) is 0 Å². The van der Waals surface area contributed by atoms with E-state index in [2.05, 4.69) is 31.6 Å². The molecule has 0 aliphatic heterocycles. The second kappa shape index (κ2) is 6.71. The number of nitrogens with zero attached hydrogens (tertiary/aromatic N) is 3. The van der Waals surface area contributed by atoms with E-state index in [0.29, 0.717) is 17.6 Å². The number of H-pyrrole nitrogens is 1. The standard InChI is InChI=1S/C19H19N5O3/c1-10(2)20-19-24-23-17(27-19)12-5-4-11-6-7-13(14(11)8-12)15-9-16(25)22-18(21-15)26-3/h4-5,7-10H,6H2,1-3H3,(H,20,24)(H,21,22,25). The first kappa shape index (κ1) is 17.0. The molecule has 8 heteroatoms. The van der Waals surface area contributed by atoms with Gasteiger partial charge in [-0.15, -0.1) is 5.10 Å². The van der Waals surface area contributed by atoms with Gasteiger partial charge in [0.05, 0.1) is 12.8 Å². The van der Waals surface area contributed by atoms with Crippen molar-refractivity contribution in [1.82, 2.24) is 20.2 Å². The topological polar surface area (TPSA) is 106 Å². The average molecular weight is 365 g/mol. The summed E-state index contributed by atoms with van der Waals surface area (Å²) >= 11 is 0. The molecule has 1 aliphatic carbocycles. The number of allylic oxidation sites excluding steroid dienone is 1. The summed E-state index contributed by atoms with van der Waals surface area (Å²) in [6.07, 6.45) is 2.82. The minimum atomic E-state index is -0.261. The van der Waals surface area contributed by atoms with Crippen LogP contribution in [0.4, 0.5) is 6.01 Å². The van der Waals surface area contributed by atoms with Gasteiger partial charge in [-0.05, 0) is 43.5 Å². The zero-order valence-corrected chi connectivity index (χ0v) is 15.2. The molecule has 0 saturated carbocycles. The van der Waals surface area contributed by atoms with Crippen molar-refractivity contribution in [2.75, 3.05) is 12.4 Å². The minimum Gasteiger partial charge on any atom is -0.468 e. The fourth-order valence-electron chi connectivity index (χ4n) is 3.02. The van der Waals surface area contributed by atoms with Crippen LogP contribution in [0.1, 0.15) is 30.7 Å². The molecule has 0 fully saturated rings. The third kappa shape index (κ3) is 3.33. The summed E-state index contributed by atoms with van der Waals surface area (Å²) in [6.45, 7) is 4.00. The van der Waals surface area contributed by atoms with Crippen molar-refractivity contribution in [2.24, 2.45) is 0 Å². The number of benzene rings is 1. The molecule has 0 saturated heterocycles. The molecule has 4 rings (SSSR count). The first-order valence-electron chi connectivity index (χ1n) is 8.63. The van der Waals surface area contributed by atoms with Gasteiger partial charge in [0.25, 0.3) is 11.6 Å². The van der Waals surface area contributed by atoms with Crippen LogP contribution in [0.2, 0.25) is 0 Å². The summed E-state index contributed by atoms with van der Waals surface area (Å²) in [5.74, 6) is 0.434. The maximum absolute atomic E-state index is 11.9. The van der Waals surface area contributed by atoms with Gasteiger partial charge in [0.2, 0.25) is 5.89 Å². The van der Waals surface area contributed by atoms with Gasteiger partial charge in [0, 0.05) is 23.2 Å². The van der Waals surface area contributed by atoms with Crippen molar-refractivity contribution < 1.29 is 9.15 Å². The molecule has 2 N–H and O–H groups in total. The van der Waals surface area contributed by atoms with Crippen LogP contribution in [0.5, 0.6) is 6.01 Å². The number of nitrogens with one attached hydrogen (secondary N) is 2. The molecule has 0 spiro atoms. The van der Waals surface area contributed by atoms with Gasteiger partial charge in [-0.3, -0.25) is 9.78 Å². The Morgan fingerprint density at radius 1 is 1.26 bits per heavy atom. The number of anilines is 1. The minimum absolute atomic E-state index is 0.185. The van der Waals surface area contributed by atoms with Gasteiger partial charge >= 0.3 is 6.01 Å². The van der Waals surface area contributed by atoms with E-state index in [1.165, 1.54) is 13.2 Å². The van der Waals surface area contributed by atoms with Crippen LogP contribution in [0, 0.1) is 0 Å². The van der Waals surface area contributed by atoms with Crippen LogP contribution >= 0.6 is 0 Å². The lowest BCUT2D eigenvalue weighted by molar-refractivity contribution is 0.378. The van der Waals surface area contributed by atoms with E-state index in [-0.39, 0.29) is 17.6 Å². The molecule has 0 atom stereocenters. The monoisotopic (exact) mass is 365 g/mol. The largest absolute Gasteiger partial charge is 0.468 e. The zero-order chi connectivity index (χ0) is 19.0. The van der Waals surface area contributed by atoms with E-state index in [4.69, 9.17) is 9.15 Å². The number of hydrogen-bond acceptors (Lipinski definition) is 7. The van der Waals surface area contributed by atoms with E-state index >= 15 is 0 Å². The number of aromatic nitrogens is 4. The molecule has 8 nitrogen and oxygen atoms in total. The van der Waals surface area contributed by atoms with Crippen molar-refractivity contribution in [2.45, 2.75) is 26.3 Å². The fourth-order valence-corrected chi connectivity index (χ4v) is 3.02. The van der Waals surface area contributed by atoms with E-state index in [9.17, 15) is 4.79 Å². The summed E-state index contributed by atoms with van der Waals surface area (Å²) in [6, 6.07) is 8.20. The third-order valence-corrected chi connectivity index (χ3v) is 4.20. The SMILES string of the molecule is COc1nc(C2=CCc3ccc(-c4nnc(NC(C)C)o4)cc32)cc(=O)[nH]1. The van der Waals surface area contributed by atoms with Crippen molar-refractivity contribution in [3.05, 3.63) is 57.5 Å². The van der Waals surface area contributed by atoms with E-state index in [0.717, 1.165) is 28.7 Å². The quantitative estimate of drug-likeness (QED) is 0.716. The van der Waals surface area contributed by atoms with Gasteiger partial charge in [0.15, 0.2) is 0 Å². The first-order chi connectivity index (χ1) is 13.0. The summed E-state index contributed by atoms with van der Waals surface area (Å²) in [5.41, 5.74) is 4.14. The number of ether oxygens (including phenoxy) is 1. The molecule has 0 amide bonds. The van der Waals surface area contributed by atoms with E-state index < -0.39 is 0 Å². The number of fused-ring (bicyclic) bond motifs is 1. The van der Waals surface area contributed by atoms with Gasteiger partial charge in [-0.2, -0.15) is 4.98 Å². The van der Waals surface area contributed by atoms with Crippen molar-refractivity contribution in [3.8, 4) is 17.5 Å². The number of aromatic amines is 1. The highest BCUT2D eigenvalue weighted by Crippen LogP contribution is 2.34. The summed E-state index contributed by atoms with van der Waals surface area (Å²) in [7, 11) is 1.47. The molecule has 0 unspecified atom stereocenters. The Balaban J connectivity index is 1.71. The van der Waals surface area contributed by atoms with Crippen LogP contribution < -0.4 is 15.6 Å². The molecule has 0 radical (unpaired) electrons. The van der Waals surface area contributed by atoms with Crippen LogP contribution in [-0.4, -0.2) is 33.3 Å². The molecule has 1 aromatic carbocycles. The maximum Gasteiger partial charge on any atom is 0.315 e. The Labute approximate surface area is 155 Å². The van der Waals surface area contributed by atoms with Gasteiger partial charge < -0.3 is 14.5 Å². The van der Waals surface area contributed by atoms with Gasteiger partial charge in [-0.25, -0.2) is 0 Å². The Morgan fingerprint density at radius 2 is 2.11 bits per heavy atom. The van der Waals surface area contributed by atoms with E-state index in [1.807, 2.05) is 32.0 Å². The van der Waals surface area contributed by atoms with Gasteiger partial charge in [0.1, 0.15) is 0 Å². The summed E-state index contributed by atoms with van der Waals surface area (Å²) in [5, 5.41) is 11.2. The van der Waals surface area contributed by atoms with Crippen molar-refractivity contribution >= 4 is 11.6 Å². The number of rotatable bonds is 5. The molecular formula is C19H19N5O3. The number of methoxy groups -OCH3 is 1. The predicted octanol–water partition coefficient (Wildman–Crippen LogP) is 2.64. The third-order valence-electron chi connectivity index (χ3n) is 4.20. The highest BCUT2D eigenvalue weighted by Gasteiger charge is 2.20. The maximum atomic E-state index is 11.9. The zero-order valence-electron chi connectivity index (χ0n) is 15.2. The van der Waals surface area contributed by atoms with Crippen LogP contribution in [0.15, 0.2) is 39.6 Å². The summed E-state index contributed by atoms with van der Waals surface area (Å²) in [4.78, 5) is 18.8. The molecule has 2 aromatic heterocycles. The second-order valence-electron chi connectivity index (χ2n) is 6.55. The lowest BCUT2D eigenvalue weighted by Crippen LogP contribution is -2.10. The Kier molecular flexibility index (Phi) is 4.23. The van der Waals surface area contributed by atoms with Crippen molar-refractivity contribution in [3.63, 3.8) is 0 Å². The summed E-state index contributed by atoms with van der Waals surface area (Å²) < 4.78 is 10.8. The highest BCUT2D eigenvalue weighted by atomic mass is 16.5. The van der Waals surface area contributed by atoms with Crippen molar-refractivity contribution in [1.29, 1.82) is 0 Å². The Morgan fingerprint density at radius 3 is 2.89 bits per heavy atom. The molecule has 2 heterocycles. The van der Waals surface area contributed by atoms with Gasteiger partial charge in [-0.1, -0.05) is 17.2 Å². The second-order valence-corrected chi connectivity index (χ2v) is 6.55. The Hall–Kier alpha value is -3.42. The smallest absolute Gasteiger partial charge is 0.315 e. The lowest BCUT2D eigenvalue weighted by atomic mass is 10.0. The van der Waals surface area contributed by atoms with Crippen LogP contribution in [0.25, 0.3) is 17.0 Å². The van der Waals surface area contributed by atoms with Crippen LogP contribution in [0.3, 0.4) is 0 Å². The Bertz CT molecular complexity index is 1080. The fraction of sp³-hybridized carbons (Fsp3) is 0.263. The van der Waals surface area contributed by atoms with Crippen LogP contribution in [-0.2, 0) is 6.42 Å². The molecule has 0 bridgehead atoms. The molecule has 27 heavy (non-hydrogen) atoms. The molecule has 3 aromatic rings. The molecule has 138 valence electrons. The number of hydrogen-bond donors (Lipinski definition) is 2. The predicted molar refractivity (Wildman–Crippen MR) is 101 cm³/mol. The average Bonchev–Trinajstić information content (AvgIpc) is 3.26. The molecular weight excluding hydrogens is 346 g/mol.